The Kier molecular flexibility index (Phi) is 7.07. The molecule has 0 bridgehead atoms. The predicted octanol–water partition coefficient (Wildman–Crippen LogP) is 2.72. The fourth-order valence-electron chi connectivity index (χ4n) is 1.58. The number of nitrogens with one attached hydrogen (secondary N) is 1. The summed E-state index contributed by atoms with van der Waals surface area (Å²) in [5.74, 6) is -0.808. The van der Waals surface area contributed by atoms with Crippen molar-refractivity contribution in [3.05, 3.63) is 35.5 Å². The third-order valence-electron chi connectivity index (χ3n) is 2.76. The molecule has 0 unspecified atom stereocenters. The molecular weight excluding hydrogens is 329 g/mol. The Morgan fingerprint density at radius 3 is 2.58 bits per heavy atom. The topological polar surface area (TPSA) is 80.6 Å². The minimum atomic E-state index is -4.54. The summed E-state index contributed by atoms with van der Waals surface area (Å²) in [5, 5.41) is 11.4. The summed E-state index contributed by atoms with van der Waals surface area (Å²) >= 11 is 0. The van der Waals surface area contributed by atoms with Gasteiger partial charge in [-0.25, -0.2) is 4.79 Å². The first-order valence-electron chi connectivity index (χ1n) is 6.61. The molecule has 0 amide bonds. The summed E-state index contributed by atoms with van der Waals surface area (Å²) in [5.41, 5.74) is -1.37. The van der Waals surface area contributed by atoms with Gasteiger partial charge in [0.15, 0.2) is 5.57 Å². The van der Waals surface area contributed by atoms with Gasteiger partial charge in [-0.1, -0.05) is 0 Å². The largest absolute Gasteiger partial charge is 0.495 e. The molecule has 0 aliphatic rings. The molecule has 1 N–H and O–H groups in total. The van der Waals surface area contributed by atoms with Crippen LogP contribution >= 0.6 is 0 Å². The Morgan fingerprint density at radius 2 is 2.04 bits per heavy atom. The van der Waals surface area contributed by atoms with Gasteiger partial charge in [0.25, 0.3) is 0 Å². The summed E-state index contributed by atoms with van der Waals surface area (Å²) < 4.78 is 52.6. The molecule has 0 radical (unpaired) electrons. The first-order valence-corrected chi connectivity index (χ1v) is 6.61. The van der Waals surface area contributed by atoms with Gasteiger partial charge in [0, 0.05) is 13.3 Å². The van der Waals surface area contributed by atoms with Gasteiger partial charge in [-0.15, -0.1) is 0 Å². The van der Waals surface area contributed by atoms with E-state index in [2.05, 4.69) is 5.32 Å². The van der Waals surface area contributed by atoms with Crippen LogP contribution in [0.2, 0.25) is 0 Å². The van der Waals surface area contributed by atoms with Crippen molar-refractivity contribution in [1.29, 1.82) is 5.26 Å². The Hall–Kier alpha value is -2.73. The van der Waals surface area contributed by atoms with E-state index in [1.54, 1.807) is 6.07 Å². The highest BCUT2D eigenvalue weighted by Crippen LogP contribution is 2.34. The van der Waals surface area contributed by atoms with Crippen LogP contribution in [-0.2, 0) is 20.4 Å². The van der Waals surface area contributed by atoms with Gasteiger partial charge >= 0.3 is 12.1 Å². The van der Waals surface area contributed by atoms with E-state index in [4.69, 9.17) is 19.5 Å². The van der Waals surface area contributed by atoms with Crippen LogP contribution in [0.5, 0.6) is 5.75 Å². The molecule has 1 aromatic carbocycles. The number of carbonyl (C=O) groups is 1. The van der Waals surface area contributed by atoms with E-state index in [1.165, 1.54) is 14.2 Å². The third-order valence-corrected chi connectivity index (χ3v) is 2.76. The van der Waals surface area contributed by atoms with Crippen LogP contribution in [0.15, 0.2) is 30.0 Å². The van der Waals surface area contributed by atoms with Crippen LogP contribution in [0.25, 0.3) is 0 Å². The van der Waals surface area contributed by atoms with Crippen molar-refractivity contribution in [3.63, 3.8) is 0 Å². The monoisotopic (exact) mass is 344 g/mol. The van der Waals surface area contributed by atoms with E-state index in [9.17, 15) is 18.0 Å². The van der Waals surface area contributed by atoms with E-state index in [-0.39, 0.29) is 24.7 Å². The molecule has 0 aliphatic heterocycles. The van der Waals surface area contributed by atoms with E-state index in [0.717, 1.165) is 24.4 Å². The Bertz CT molecular complexity index is 651. The van der Waals surface area contributed by atoms with Crippen molar-refractivity contribution < 1.29 is 32.2 Å². The maximum absolute atomic E-state index is 12.7. The lowest BCUT2D eigenvalue weighted by atomic mass is 10.1. The lowest BCUT2D eigenvalue weighted by Crippen LogP contribution is -2.12. The Balaban J connectivity index is 2.97. The first-order chi connectivity index (χ1) is 11.3. The van der Waals surface area contributed by atoms with Crippen molar-refractivity contribution in [1.82, 2.24) is 0 Å². The number of esters is 1. The average Bonchev–Trinajstić information content (AvgIpc) is 2.54. The number of hydrogen-bond donors (Lipinski definition) is 1. The quantitative estimate of drug-likeness (QED) is 0.355. The molecule has 0 saturated carbocycles. The summed E-state index contributed by atoms with van der Waals surface area (Å²) in [6, 6.07) is 4.39. The number of nitrogens with zero attached hydrogens (tertiary/aromatic N) is 1. The van der Waals surface area contributed by atoms with Gasteiger partial charge in [0.05, 0.1) is 25.0 Å². The van der Waals surface area contributed by atoms with Crippen molar-refractivity contribution in [3.8, 4) is 11.8 Å². The summed E-state index contributed by atoms with van der Waals surface area (Å²) in [6.07, 6.45) is -3.59. The number of anilines is 1. The zero-order valence-corrected chi connectivity index (χ0v) is 12.9. The van der Waals surface area contributed by atoms with Gasteiger partial charge in [-0.2, -0.15) is 18.4 Å². The molecule has 1 rings (SSSR count). The highest BCUT2D eigenvalue weighted by molar-refractivity contribution is 5.93. The number of halogens is 3. The van der Waals surface area contributed by atoms with Crippen molar-refractivity contribution in [2.45, 2.75) is 6.18 Å². The lowest BCUT2D eigenvalue weighted by Gasteiger charge is -2.12. The molecule has 0 fully saturated rings. The van der Waals surface area contributed by atoms with E-state index < -0.39 is 23.3 Å². The maximum atomic E-state index is 12.7. The summed E-state index contributed by atoms with van der Waals surface area (Å²) in [4.78, 5) is 11.6. The number of rotatable bonds is 7. The second kappa shape index (κ2) is 8.79. The minimum Gasteiger partial charge on any atom is -0.495 e. The van der Waals surface area contributed by atoms with Crippen LogP contribution < -0.4 is 10.1 Å². The molecule has 0 aliphatic carbocycles. The van der Waals surface area contributed by atoms with Gasteiger partial charge in [-0.3, -0.25) is 0 Å². The van der Waals surface area contributed by atoms with Crippen molar-refractivity contribution in [2.24, 2.45) is 0 Å². The number of ether oxygens (including phenoxy) is 3. The van der Waals surface area contributed by atoms with Gasteiger partial charge in [-0.05, 0) is 18.2 Å². The van der Waals surface area contributed by atoms with Crippen LogP contribution in [-0.4, -0.2) is 33.4 Å². The normalized spacial score (nSPS) is 11.6. The number of carbonyl (C=O) groups excluding carboxylic acids is 1. The van der Waals surface area contributed by atoms with Gasteiger partial charge < -0.3 is 19.5 Å². The fourth-order valence-corrected chi connectivity index (χ4v) is 1.58. The second-order valence-corrected chi connectivity index (χ2v) is 4.36. The molecule has 130 valence electrons. The summed E-state index contributed by atoms with van der Waals surface area (Å²) in [7, 11) is 2.69. The standard InChI is InChI=1S/C15H15F3N2O4/c1-22-5-6-24-14(21)10(8-19)9-20-12-7-11(15(16,17)18)3-4-13(12)23-2/h3-4,7,9,20H,5-6H2,1-2H3/b10-9+. The zero-order chi connectivity index (χ0) is 18.2. The molecular formula is C15H15F3N2O4. The SMILES string of the molecule is COCCOC(=O)/C(C#N)=C/Nc1cc(C(F)(F)F)ccc1OC. The Labute approximate surface area is 136 Å². The molecule has 0 atom stereocenters. The molecule has 9 heteroatoms. The third kappa shape index (κ3) is 5.48. The molecule has 0 aromatic heterocycles. The summed E-state index contributed by atoms with van der Waals surface area (Å²) in [6.45, 7) is 0.0978. The van der Waals surface area contributed by atoms with Crippen LogP contribution in [0.3, 0.4) is 0 Å². The van der Waals surface area contributed by atoms with Crippen molar-refractivity contribution in [2.75, 3.05) is 32.8 Å². The first kappa shape index (κ1) is 19.3. The highest BCUT2D eigenvalue weighted by Gasteiger charge is 2.31. The molecule has 0 heterocycles. The molecule has 1 aromatic rings. The Morgan fingerprint density at radius 1 is 1.33 bits per heavy atom. The van der Waals surface area contributed by atoms with Crippen molar-refractivity contribution >= 4 is 11.7 Å². The number of methoxy groups -OCH3 is 2. The minimum absolute atomic E-state index is 0.0511. The predicted molar refractivity (Wildman–Crippen MR) is 78.1 cm³/mol. The van der Waals surface area contributed by atoms with E-state index in [0.29, 0.717) is 0 Å². The maximum Gasteiger partial charge on any atom is 0.416 e. The molecule has 0 spiro atoms. The van der Waals surface area contributed by atoms with Crippen LogP contribution in [0.1, 0.15) is 5.56 Å². The second-order valence-electron chi connectivity index (χ2n) is 4.36. The molecule has 24 heavy (non-hydrogen) atoms. The van der Waals surface area contributed by atoms with Crippen LogP contribution in [0.4, 0.5) is 18.9 Å². The van der Waals surface area contributed by atoms with E-state index >= 15 is 0 Å². The van der Waals surface area contributed by atoms with E-state index in [1.807, 2.05) is 0 Å². The smallest absolute Gasteiger partial charge is 0.416 e. The fraction of sp³-hybridized carbons (Fsp3) is 0.333. The number of hydrogen-bond acceptors (Lipinski definition) is 6. The lowest BCUT2D eigenvalue weighted by molar-refractivity contribution is -0.140. The molecule has 0 saturated heterocycles. The average molecular weight is 344 g/mol. The number of benzene rings is 1. The van der Waals surface area contributed by atoms with Crippen LogP contribution in [0, 0.1) is 11.3 Å². The highest BCUT2D eigenvalue weighted by atomic mass is 19.4. The number of nitriles is 1. The van der Waals surface area contributed by atoms with Gasteiger partial charge in [0.2, 0.25) is 0 Å². The van der Waals surface area contributed by atoms with Gasteiger partial charge in [0.1, 0.15) is 18.4 Å². The number of alkyl halides is 3. The molecule has 6 nitrogen and oxygen atoms in total. The zero-order valence-electron chi connectivity index (χ0n) is 12.9.